The maximum atomic E-state index is 12.5. The van der Waals surface area contributed by atoms with Crippen molar-refractivity contribution in [2.45, 2.75) is 418 Å². The third-order valence-corrected chi connectivity index (χ3v) is 16.8. The smallest absolute Gasteiger partial charge is 0.305 e. The van der Waals surface area contributed by atoms with Crippen molar-refractivity contribution in [1.82, 2.24) is 5.32 Å². The van der Waals surface area contributed by atoms with Crippen LogP contribution in [-0.4, -0.2) is 47.4 Å². The molecule has 0 aliphatic heterocycles. The van der Waals surface area contributed by atoms with Crippen LogP contribution >= 0.6 is 0 Å². The molecule has 0 spiro atoms. The van der Waals surface area contributed by atoms with Crippen LogP contribution in [-0.2, 0) is 14.3 Å². The van der Waals surface area contributed by atoms with Gasteiger partial charge in [0.2, 0.25) is 5.91 Å². The lowest BCUT2D eigenvalue weighted by Gasteiger charge is -2.22. The van der Waals surface area contributed by atoms with E-state index < -0.39 is 12.1 Å². The Bertz CT molecular complexity index is 1160. The summed E-state index contributed by atoms with van der Waals surface area (Å²) in [7, 11) is 0. The number of ether oxygens (including phenoxy) is 1. The van der Waals surface area contributed by atoms with Gasteiger partial charge in [-0.3, -0.25) is 9.59 Å². The van der Waals surface area contributed by atoms with E-state index in [0.717, 1.165) is 44.9 Å². The molecule has 6 heteroatoms. The molecule has 0 aromatic rings. The van der Waals surface area contributed by atoms with Gasteiger partial charge in [0.05, 0.1) is 25.4 Å². The number of nitrogens with one attached hydrogen (secondary N) is 1. The van der Waals surface area contributed by atoms with Crippen LogP contribution in [0, 0.1) is 0 Å². The lowest BCUT2D eigenvalue weighted by Crippen LogP contribution is -2.45. The van der Waals surface area contributed by atoms with E-state index in [0.29, 0.717) is 25.9 Å². The molecule has 3 N–H and O–H groups in total. The molecule has 0 saturated carbocycles. The van der Waals surface area contributed by atoms with Gasteiger partial charge in [0, 0.05) is 12.8 Å². The Morgan fingerprint density at radius 2 is 0.610 bits per heavy atom. The predicted octanol–water partition coefficient (Wildman–Crippen LogP) is 22.8. The van der Waals surface area contributed by atoms with Crippen LogP contribution < -0.4 is 5.32 Å². The molecule has 0 saturated heterocycles. The first-order valence-corrected chi connectivity index (χ1v) is 35.4. The first-order chi connectivity index (χ1) is 38.0. The van der Waals surface area contributed by atoms with Crippen molar-refractivity contribution in [3.8, 4) is 0 Å². The maximum absolute atomic E-state index is 12.5. The maximum Gasteiger partial charge on any atom is 0.305 e. The van der Waals surface area contributed by atoms with E-state index in [1.165, 1.54) is 327 Å². The van der Waals surface area contributed by atoms with Crippen LogP contribution in [0.4, 0.5) is 0 Å². The molecule has 0 aliphatic rings. The SMILES string of the molecule is CCCCCCCCC/C=C\CCCCCCCC(=O)OCCCCCCCCCCCCCCCCCCCCCCCCCCCC(=O)NC(CO)C(O)CCCCCCCCCCCCCCCCCCCCC. The highest BCUT2D eigenvalue weighted by Crippen LogP contribution is 2.19. The summed E-state index contributed by atoms with van der Waals surface area (Å²) in [5, 5.41) is 23.4. The standard InChI is InChI=1S/C71H139NO5/c1-3-5-7-9-11-13-15-17-19-21-29-32-35-39-43-47-51-55-59-63-69(74)68(67-73)72-70(75)64-60-56-52-48-44-40-36-33-30-27-25-23-22-24-26-28-31-34-38-42-46-50-54-58-62-66-77-71(76)65-61-57-53-49-45-41-37-20-18-16-14-12-10-8-6-4-2/h20,37,68-69,73-74H,3-19,21-36,38-67H2,1-2H3,(H,72,75)/b37-20-. The average Bonchev–Trinajstić information content (AvgIpc) is 3.43. The van der Waals surface area contributed by atoms with Crippen LogP contribution in [0.5, 0.6) is 0 Å². The van der Waals surface area contributed by atoms with E-state index in [1.54, 1.807) is 0 Å². The van der Waals surface area contributed by atoms with Crippen molar-refractivity contribution >= 4 is 11.9 Å². The minimum atomic E-state index is -0.663. The normalized spacial score (nSPS) is 12.5. The quantitative estimate of drug-likeness (QED) is 0.0320. The van der Waals surface area contributed by atoms with E-state index in [9.17, 15) is 19.8 Å². The number of rotatable bonds is 67. The molecule has 0 bridgehead atoms. The first-order valence-electron chi connectivity index (χ1n) is 35.4. The number of esters is 1. The molecule has 0 heterocycles. The number of unbranched alkanes of at least 4 members (excludes halogenated alkanes) is 54. The number of hydrogen-bond donors (Lipinski definition) is 3. The van der Waals surface area contributed by atoms with Crippen molar-refractivity contribution in [2.24, 2.45) is 0 Å². The number of allylic oxidation sites excluding steroid dienone is 2. The predicted molar refractivity (Wildman–Crippen MR) is 338 cm³/mol. The highest BCUT2D eigenvalue weighted by molar-refractivity contribution is 5.76. The first kappa shape index (κ1) is 75.6. The summed E-state index contributed by atoms with van der Waals surface area (Å²) in [6, 6.07) is -0.540. The molecule has 77 heavy (non-hydrogen) atoms. The van der Waals surface area contributed by atoms with E-state index in [1.807, 2.05) is 0 Å². The van der Waals surface area contributed by atoms with Crippen molar-refractivity contribution in [2.75, 3.05) is 13.2 Å². The Kier molecular flexibility index (Phi) is 65.9. The summed E-state index contributed by atoms with van der Waals surface area (Å²) >= 11 is 0. The van der Waals surface area contributed by atoms with Gasteiger partial charge in [-0.1, -0.05) is 353 Å². The number of aliphatic hydroxyl groups is 2. The largest absolute Gasteiger partial charge is 0.466 e. The second-order valence-corrected chi connectivity index (χ2v) is 24.6. The molecular weight excluding hydrogens is 947 g/mol. The Morgan fingerprint density at radius 3 is 0.922 bits per heavy atom. The number of carbonyl (C=O) groups is 2. The fraction of sp³-hybridized carbons (Fsp3) is 0.944. The zero-order valence-corrected chi connectivity index (χ0v) is 52.5. The van der Waals surface area contributed by atoms with E-state index >= 15 is 0 Å². The van der Waals surface area contributed by atoms with E-state index in [4.69, 9.17) is 4.74 Å². The highest BCUT2D eigenvalue weighted by atomic mass is 16.5. The number of amides is 1. The van der Waals surface area contributed by atoms with Crippen molar-refractivity contribution in [3.05, 3.63) is 12.2 Å². The molecular formula is C71H139NO5. The zero-order valence-electron chi connectivity index (χ0n) is 52.5. The van der Waals surface area contributed by atoms with Gasteiger partial charge < -0.3 is 20.3 Å². The molecule has 0 aromatic carbocycles. The molecule has 0 rings (SSSR count). The van der Waals surface area contributed by atoms with E-state index in [-0.39, 0.29) is 18.5 Å². The van der Waals surface area contributed by atoms with Crippen molar-refractivity contribution in [1.29, 1.82) is 0 Å². The third kappa shape index (κ3) is 63.6. The minimum Gasteiger partial charge on any atom is -0.466 e. The topological polar surface area (TPSA) is 95.9 Å². The minimum absolute atomic E-state index is 0.0102. The Hall–Kier alpha value is -1.40. The number of carbonyl (C=O) groups excluding carboxylic acids is 2. The Balaban J connectivity index is 3.35. The second kappa shape index (κ2) is 67.1. The summed E-state index contributed by atoms with van der Waals surface area (Å²) in [5.41, 5.74) is 0. The lowest BCUT2D eigenvalue weighted by molar-refractivity contribution is -0.143. The van der Waals surface area contributed by atoms with Gasteiger partial charge in [-0.05, 0) is 51.4 Å². The van der Waals surface area contributed by atoms with Gasteiger partial charge in [-0.15, -0.1) is 0 Å². The molecule has 1 amide bonds. The molecule has 0 fully saturated rings. The van der Waals surface area contributed by atoms with Gasteiger partial charge in [0.1, 0.15) is 0 Å². The van der Waals surface area contributed by atoms with Gasteiger partial charge in [-0.25, -0.2) is 0 Å². The number of aliphatic hydroxyl groups excluding tert-OH is 2. The highest BCUT2D eigenvalue weighted by Gasteiger charge is 2.20. The third-order valence-electron chi connectivity index (χ3n) is 16.8. The summed E-state index contributed by atoms with van der Waals surface area (Å²) in [5.74, 6) is -0.0186. The zero-order chi connectivity index (χ0) is 55.7. The summed E-state index contributed by atoms with van der Waals surface area (Å²) in [4.78, 5) is 24.6. The second-order valence-electron chi connectivity index (χ2n) is 24.6. The van der Waals surface area contributed by atoms with Crippen molar-refractivity contribution < 1.29 is 24.5 Å². The summed E-state index contributed by atoms with van der Waals surface area (Å²) in [6.45, 7) is 4.99. The van der Waals surface area contributed by atoms with Crippen molar-refractivity contribution in [3.63, 3.8) is 0 Å². The Labute approximate surface area is 482 Å². The van der Waals surface area contributed by atoms with Gasteiger partial charge in [0.15, 0.2) is 0 Å². The molecule has 2 atom stereocenters. The fourth-order valence-corrected chi connectivity index (χ4v) is 11.4. The molecule has 458 valence electrons. The monoisotopic (exact) mass is 1090 g/mol. The molecule has 0 aromatic heterocycles. The number of hydrogen-bond acceptors (Lipinski definition) is 5. The summed E-state index contributed by atoms with van der Waals surface area (Å²) in [6.07, 6.45) is 82.6. The molecule has 0 radical (unpaired) electrons. The van der Waals surface area contributed by atoms with E-state index in [2.05, 4.69) is 31.3 Å². The van der Waals surface area contributed by atoms with Crippen LogP contribution in [0.25, 0.3) is 0 Å². The van der Waals surface area contributed by atoms with Crippen LogP contribution in [0.3, 0.4) is 0 Å². The fourth-order valence-electron chi connectivity index (χ4n) is 11.4. The van der Waals surface area contributed by atoms with Gasteiger partial charge in [0.25, 0.3) is 0 Å². The summed E-state index contributed by atoms with van der Waals surface area (Å²) < 4.78 is 5.50. The van der Waals surface area contributed by atoms with Crippen LogP contribution in [0.1, 0.15) is 406 Å². The lowest BCUT2D eigenvalue weighted by atomic mass is 10.0. The average molecular weight is 1090 g/mol. The van der Waals surface area contributed by atoms with Gasteiger partial charge >= 0.3 is 5.97 Å². The van der Waals surface area contributed by atoms with Gasteiger partial charge in [-0.2, -0.15) is 0 Å². The van der Waals surface area contributed by atoms with Crippen LogP contribution in [0.2, 0.25) is 0 Å². The van der Waals surface area contributed by atoms with Crippen LogP contribution in [0.15, 0.2) is 12.2 Å². The Morgan fingerprint density at radius 1 is 0.351 bits per heavy atom. The molecule has 6 nitrogen and oxygen atoms in total. The molecule has 2 unspecified atom stereocenters. The molecule has 0 aliphatic carbocycles.